The summed E-state index contributed by atoms with van der Waals surface area (Å²) >= 11 is 0. The van der Waals surface area contributed by atoms with E-state index in [2.05, 4.69) is 45.1 Å². The van der Waals surface area contributed by atoms with Crippen molar-refractivity contribution in [3.63, 3.8) is 0 Å². The molecule has 2 nitrogen and oxygen atoms in total. The molecule has 0 amide bonds. The zero-order valence-corrected chi connectivity index (χ0v) is 15.5. The predicted molar refractivity (Wildman–Crippen MR) is 97.7 cm³/mol. The molecule has 2 heteroatoms. The molecule has 0 N–H and O–H groups in total. The van der Waals surface area contributed by atoms with Gasteiger partial charge >= 0.3 is 0 Å². The summed E-state index contributed by atoms with van der Waals surface area (Å²) in [4.78, 5) is 0. The van der Waals surface area contributed by atoms with Crippen molar-refractivity contribution >= 4 is 6.08 Å². The first kappa shape index (κ1) is 20.7. The van der Waals surface area contributed by atoms with Crippen LogP contribution in [-0.2, 0) is 4.74 Å². The molecule has 0 saturated heterocycles. The van der Waals surface area contributed by atoms with Gasteiger partial charge in [0.25, 0.3) is 0 Å². The Morgan fingerprint density at radius 2 is 1.86 bits per heavy atom. The molecule has 0 aliphatic heterocycles. The highest BCUT2D eigenvalue weighted by atomic mass is 16.5. The number of hydrogen-bond donors (Lipinski definition) is 0. The summed E-state index contributed by atoms with van der Waals surface area (Å²) in [6.45, 7) is 13.2. The molecule has 22 heavy (non-hydrogen) atoms. The third-order valence-corrected chi connectivity index (χ3v) is 3.37. The summed E-state index contributed by atoms with van der Waals surface area (Å²) in [6, 6.07) is 6.24. The molecule has 0 aliphatic carbocycles. The minimum Gasteiger partial charge on any atom is -0.496 e. The Morgan fingerprint density at radius 1 is 1.18 bits per heavy atom. The van der Waals surface area contributed by atoms with Gasteiger partial charge in [-0.15, -0.1) is 0 Å². The Bertz CT molecular complexity index is 433. The molecule has 126 valence electrons. The molecule has 1 aromatic carbocycles. The van der Waals surface area contributed by atoms with Crippen LogP contribution in [-0.4, -0.2) is 19.3 Å². The van der Waals surface area contributed by atoms with Gasteiger partial charge in [0.1, 0.15) is 5.75 Å². The molecule has 0 fully saturated rings. The first-order valence-electron chi connectivity index (χ1n) is 8.43. The van der Waals surface area contributed by atoms with E-state index in [1.807, 2.05) is 26.8 Å². The van der Waals surface area contributed by atoms with Crippen molar-refractivity contribution < 1.29 is 9.47 Å². The van der Waals surface area contributed by atoms with Crippen LogP contribution in [0, 0.1) is 6.92 Å². The molecule has 0 bridgehead atoms. The van der Waals surface area contributed by atoms with Gasteiger partial charge in [0.15, 0.2) is 0 Å². The van der Waals surface area contributed by atoms with E-state index in [9.17, 15) is 0 Å². The van der Waals surface area contributed by atoms with Crippen molar-refractivity contribution in [3.8, 4) is 5.75 Å². The fraction of sp³-hybridized carbons (Fsp3) is 0.600. The van der Waals surface area contributed by atoms with Gasteiger partial charge < -0.3 is 9.47 Å². The van der Waals surface area contributed by atoms with Gasteiger partial charge in [0.2, 0.25) is 0 Å². The van der Waals surface area contributed by atoms with Gasteiger partial charge in [0, 0.05) is 12.2 Å². The Labute approximate surface area is 137 Å². The minimum atomic E-state index is -0.0103. The predicted octanol–water partition coefficient (Wildman–Crippen LogP) is 6.03. The van der Waals surface area contributed by atoms with Gasteiger partial charge in [-0.25, -0.2) is 0 Å². The zero-order valence-electron chi connectivity index (χ0n) is 15.5. The number of benzene rings is 1. The van der Waals surface area contributed by atoms with Crippen LogP contribution in [0.2, 0.25) is 0 Å². The highest BCUT2D eigenvalue weighted by molar-refractivity contribution is 5.58. The standard InChI is InChI=1S/C18H28O2.C2H6/c1-6-20-18(3,4)13-9-7-8-10-16-14-15(2)11-12-17(16)19-5;1-2/h8,10-12,14H,6-7,9,13H2,1-5H3;1-2H3/b10-8+;. The van der Waals surface area contributed by atoms with Crippen molar-refractivity contribution in [2.24, 2.45) is 0 Å². The van der Waals surface area contributed by atoms with Crippen molar-refractivity contribution in [2.75, 3.05) is 13.7 Å². The maximum absolute atomic E-state index is 5.70. The molecule has 0 aromatic heterocycles. The molecule has 0 heterocycles. The third-order valence-electron chi connectivity index (χ3n) is 3.37. The van der Waals surface area contributed by atoms with Crippen LogP contribution in [0.4, 0.5) is 0 Å². The van der Waals surface area contributed by atoms with Gasteiger partial charge in [-0.1, -0.05) is 37.6 Å². The molecule has 1 aromatic rings. The smallest absolute Gasteiger partial charge is 0.126 e. The second kappa shape index (κ2) is 11.3. The van der Waals surface area contributed by atoms with Crippen LogP contribution >= 0.6 is 0 Å². The van der Waals surface area contributed by atoms with Crippen LogP contribution in [0.15, 0.2) is 24.3 Å². The molecule has 0 radical (unpaired) electrons. The third kappa shape index (κ3) is 8.23. The Balaban J connectivity index is 0.00000211. The maximum Gasteiger partial charge on any atom is 0.126 e. The molecular formula is C20H34O2. The van der Waals surface area contributed by atoms with E-state index in [0.29, 0.717) is 0 Å². The second-order valence-electron chi connectivity index (χ2n) is 5.73. The van der Waals surface area contributed by atoms with Crippen molar-refractivity contribution in [2.45, 2.75) is 66.4 Å². The monoisotopic (exact) mass is 306 g/mol. The summed E-state index contributed by atoms with van der Waals surface area (Å²) < 4.78 is 11.1. The number of unbranched alkanes of at least 4 members (excludes halogenated alkanes) is 1. The number of ether oxygens (including phenoxy) is 2. The number of aryl methyl sites for hydroxylation is 1. The van der Waals surface area contributed by atoms with Gasteiger partial charge in [0.05, 0.1) is 12.7 Å². The molecule has 0 unspecified atom stereocenters. The van der Waals surface area contributed by atoms with Crippen molar-refractivity contribution in [3.05, 3.63) is 35.4 Å². The summed E-state index contributed by atoms with van der Waals surface area (Å²) in [6.07, 6.45) is 7.65. The Morgan fingerprint density at radius 3 is 2.45 bits per heavy atom. The number of rotatable bonds is 8. The van der Waals surface area contributed by atoms with E-state index < -0.39 is 0 Å². The first-order valence-corrected chi connectivity index (χ1v) is 8.43. The van der Waals surface area contributed by atoms with Gasteiger partial charge in [-0.05, 0) is 59.1 Å². The Kier molecular flexibility index (Phi) is 10.7. The van der Waals surface area contributed by atoms with Crippen molar-refractivity contribution in [1.29, 1.82) is 0 Å². The molecule has 0 spiro atoms. The maximum atomic E-state index is 5.70. The normalized spacial score (nSPS) is 11.2. The topological polar surface area (TPSA) is 18.5 Å². The van der Waals surface area contributed by atoms with Crippen molar-refractivity contribution in [1.82, 2.24) is 0 Å². The quantitative estimate of drug-likeness (QED) is 0.546. The van der Waals surface area contributed by atoms with Gasteiger partial charge in [-0.2, -0.15) is 0 Å². The van der Waals surface area contributed by atoms with Crippen LogP contribution in [0.1, 0.15) is 65.0 Å². The zero-order chi connectivity index (χ0) is 17.0. The average Bonchev–Trinajstić information content (AvgIpc) is 2.49. The Hall–Kier alpha value is -1.28. The number of hydrogen-bond acceptors (Lipinski definition) is 2. The average molecular weight is 306 g/mol. The van der Waals surface area contributed by atoms with E-state index in [1.54, 1.807) is 7.11 Å². The SMILES string of the molecule is CC.CCOC(C)(C)CCC/C=C/c1cc(C)ccc1OC. The second-order valence-corrected chi connectivity index (χ2v) is 5.73. The molecular weight excluding hydrogens is 272 g/mol. The summed E-state index contributed by atoms with van der Waals surface area (Å²) in [7, 11) is 1.71. The molecule has 0 atom stereocenters. The summed E-state index contributed by atoms with van der Waals surface area (Å²) in [5.41, 5.74) is 2.39. The molecule has 1 rings (SSSR count). The lowest BCUT2D eigenvalue weighted by Crippen LogP contribution is -2.23. The van der Waals surface area contributed by atoms with Crippen LogP contribution < -0.4 is 4.74 Å². The lowest BCUT2D eigenvalue weighted by molar-refractivity contribution is -0.0171. The fourth-order valence-electron chi connectivity index (χ4n) is 2.30. The highest BCUT2D eigenvalue weighted by Crippen LogP contribution is 2.22. The van der Waals surface area contributed by atoms with Crippen LogP contribution in [0.5, 0.6) is 5.75 Å². The summed E-state index contributed by atoms with van der Waals surface area (Å²) in [5.74, 6) is 0.932. The van der Waals surface area contributed by atoms with E-state index in [0.717, 1.165) is 37.2 Å². The minimum absolute atomic E-state index is 0.0103. The fourth-order valence-corrected chi connectivity index (χ4v) is 2.30. The van der Waals surface area contributed by atoms with Crippen LogP contribution in [0.3, 0.4) is 0 Å². The molecule has 0 aliphatic rings. The van der Waals surface area contributed by atoms with Gasteiger partial charge in [-0.3, -0.25) is 0 Å². The largest absolute Gasteiger partial charge is 0.496 e. The lowest BCUT2D eigenvalue weighted by Gasteiger charge is -2.24. The first-order chi connectivity index (χ1) is 10.5. The van der Waals surface area contributed by atoms with E-state index in [4.69, 9.17) is 9.47 Å². The number of methoxy groups -OCH3 is 1. The van der Waals surface area contributed by atoms with Crippen LogP contribution in [0.25, 0.3) is 6.08 Å². The number of allylic oxidation sites excluding steroid dienone is 1. The van der Waals surface area contributed by atoms with E-state index >= 15 is 0 Å². The van der Waals surface area contributed by atoms with E-state index in [-0.39, 0.29) is 5.60 Å². The summed E-state index contributed by atoms with van der Waals surface area (Å²) in [5, 5.41) is 0. The highest BCUT2D eigenvalue weighted by Gasteiger charge is 2.15. The van der Waals surface area contributed by atoms with E-state index in [1.165, 1.54) is 5.56 Å². The lowest BCUT2D eigenvalue weighted by atomic mass is 10.0. The molecule has 0 saturated carbocycles.